The molecule has 1 atom stereocenters. The highest BCUT2D eigenvalue weighted by atomic mass is 16.1. The van der Waals surface area contributed by atoms with Crippen LogP contribution >= 0.6 is 0 Å². The van der Waals surface area contributed by atoms with Gasteiger partial charge in [-0.05, 0) is 37.1 Å². The van der Waals surface area contributed by atoms with E-state index in [1.54, 1.807) is 11.5 Å². The molecule has 0 spiro atoms. The summed E-state index contributed by atoms with van der Waals surface area (Å²) in [7, 11) is 0. The van der Waals surface area contributed by atoms with Crippen molar-refractivity contribution in [3.63, 3.8) is 0 Å². The van der Waals surface area contributed by atoms with Crippen molar-refractivity contribution < 1.29 is 4.79 Å². The number of nitrogens with zero attached hydrogens (tertiary/aromatic N) is 1. The lowest BCUT2D eigenvalue weighted by Gasteiger charge is -2.24. The van der Waals surface area contributed by atoms with E-state index in [1.165, 1.54) is 30.2 Å². The van der Waals surface area contributed by atoms with Gasteiger partial charge in [0, 0.05) is 24.5 Å². The molecule has 0 saturated carbocycles. The molecule has 1 saturated heterocycles. The van der Waals surface area contributed by atoms with Gasteiger partial charge in [0.1, 0.15) is 0 Å². The van der Waals surface area contributed by atoms with Crippen LogP contribution in [0, 0.1) is 0 Å². The van der Waals surface area contributed by atoms with E-state index in [-0.39, 0.29) is 5.91 Å². The van der Waals surface area contributed by atoms with Crippen LogP contribution in [0.5, 0.6) is 0 Å². The molecule has 94 valence electrons. The van der Waals surface area contributed by atoms with Gasteiger partial charge >= 0.3 is 0 Å². The van der Waals surface area contributed by atoms with Gasteiger partial charge in [-0.25, -0.2) is 0 Å². The maximum absolute atomic E-state index is 11.6. The lowest BCUT2D eigenvalue weighted by Crippen LogP contribution is -2.26. The average Bonchev–Trinajstić information content (AvgIpc) is 2.83. The molecule has 1 fully saturated rings. The zero-order chi connectivity index (χ0) is 12.5. The van der Waals surface area contributed by atoms with Crippen molar-refractivity contribution >= 4 is 16.8 Å². The van der Waals surface area contributed by atoms with Gasteiger partial charge in [-0.2, -0.15) is 0 Å². The minimum Gasteiger partial charge on any atom is -0.310 e. The van der Waals surface area contributed by atoms with Crippen LogP contribution in [0.15, 0.2) is 30.5 Å². The number of hydrogen-bond acceptors (Lipinski definition) is 2. The van der Waals surface area contributed by atoms with Gasteiger partial charge in [-0.15, -0.1) is 0 Å². The monoisotopic (exact) mass is 242 g/mol. The van der Waals surface area contributed by atoms with Crippen molar-refractivity contribution in [2.45, 2.75) is 32.2 Å². The Morgan fingerprint density at radius 3 is 2.94 bits per heavy atom. The standard InChI is InChI=1S/C15H18N2O/c1-11(18)17-10-8-13-12(5-4-7-15(13)17)14-6-2-3-9-16-14/h4-5,7-8,10,14,16H,2-3,6,9H2,1H3. The van der Waals surface area contributed by atoms with E-state index in [9.17, 15) is 4.79 Å². The number of piperidine rings is 1. The van der Waals surface area contributed by atoms with Crippen molar-refractivity contribution in [3.8, 4) is 0 Å². The van der Waals surface area contributed by atoms with Gasteiger partial charge in [0.05, 0.1) is 5.52 Å². The van der Waals surface area contributed by atoms with E-state index in [0.29, 0.717) is 6.04 Å². The molecule has 0 aliphatic carbocycles. The minimum atomic E-state index is 0.0683. The molecule has 0 radical (unpaired) electrons. The number of hydrogen-bond donors (Lipinski definition) is 1. The second-order valence-electron chi connectivity index (χ2n) is 4.99. The predicted octanol–water partition coefficient (Wildman–Crippen LogP) is 3.12. The fraction of sp³-hybridized carbons (Fsp3) is 0.400. The topological polar surface area (TPSA) is 34.0 Å². The van der Waals surface area contributed by atoms with Crippen molar-refractivity contribution in [2.75, 3.05) is 6.54 Å². The molecule has 1 aromatic carbocycles. The van der Waals surface area contributed by atoms with Crippen LogP contribution < -0.4 is 5.32 Å². The summed E-state index contributed by atoms with van der Waals surface area (Å²) in [6, 6.07) is 8.74. The quantitative estimate of drug-likeness (QED) is 0.833. The molecular formula is C15H18N2O. The summed E-state index contributed by atoms with van der Waals surface area (Å²) < 4.78 is 1.72. The smallest absolute Gasteiger partial charge is 0.227 e. The van der Waals surface area contributed by atoms with Gasteiger partial charge in [0.15, 0.2) is 0 Å². The SMILES string of the molecule is CC(=O)n1ccc2c(C3CCCCN3)cccc21. The maximum atomic E-state index is 11.6. The summed E-state index contributed by atoms with van der Waals surface area (Å²) in [5.41, 5.74) is 2.35. The molecule has 1 aliphatic heterocycles. The summed E-state index contributed by atoms with van der Waals surface area (Å²) in [6.07, 6.45) is 5.60. The van der Waals surface area contributed by atoms with Crippen molar-refractivity contribution in [1.29, 1.82) is 0 Å². The summed E-state index contributed by atoms with van der Waals surface area (Å²) in [6.45, 7) is 2.69. The van der Waals surface area contributed by atoms with Crippen LogP contribution in [0.2, 0.25) is 0 Å². The number of benzene rings is 1. The molecule has 0 bridgehead atoms. The van der Waals surface area contributed by atoms with Crippen LogP contribution in [0.25, 0.3) is 10.9 Å². The predicted molar refractivity (Wildman–Crippen MR) is 72.8 cm³/mol. The van der Waals surface area contributed by atoms with E-state index in [4.69, 9.17) is 0 Å². The molecule has 2 heterocycles. The highest BCUT2D eigenvalue weighted by Gasteiger charge is 2.18. The normalized spacial score (nSPS) is 20.2. The largest absolute Gasteiger partial charge is 0.310 e. The summed E-state index contributed by atoms with van der Waals surface area (Å²) >= 11 is 0. The second kappa shape index (κ2) is 4.58. The Bertz CT molecular complexity index is 579. The Morgan fingerprint density at radius 1 is 1.33 bits per heavy atom. The third-order valence-electron chi connectivity index (χ3n) is 3.79. The van der Waals surface area contributed by atoms with Crippen LogP contribution in [-0.4, -0.2) is 17.0 Å². The lowest BCUT2D eigenvalue weighted by molar-refractivity contribution is 0.0941. The first kappa shape index (κ1) is 11.5. The highest BCUT2D eigenvalue weighted by Crippen LogP contribution is 2.29. The Balaban J connectivity index is 2.09. The number of nitrogens with one attached hydrogen (secondary N) is 1. The second-order valence-corrected chi connectivity index (χ2v) is 4.99. The minimum absolute atomic E-state index is 0.0683. The number of aromatic nitrogens is 1. The number of carbonyl (C=O) groups is 1. The van der Waals surface area contributed by atoms with E-state index in [0.717, 1.165) is 12.1 Å². The summed E-state index contributed by atoms with van der Waals surface area (Å²) in [4.78, 5) is 11.6. The van der Waals surface area contributed by atoms with E-state index in [2.05, 4.69) is 17.4 Å². The number of carbonyl (C=O) groups excluding carboxylic acids is 1. The molecule has 18 heavy (non-hydrogen) atoms. The molecular weight excluding hydrogens is 224 g/mol. The lowest BCUT2D eigenvalue weighted by atomic mass is 9.95. The first-order valence-electron chi connectivity index (χ1n) is 6.61. The number of rotatable bonds is 1. The summed E-state index contributed by atoms with van der Waals surface area (Å²) in [5.74, 6) is 0.0683. The summed E-state index contributed by atoms with van der Waals surface area (Å²) in [5, 5.41) is 4.77. The molecule has 3 heteroatoms. The van der Waals surface area contributed by atoms with E-state index in [1.807, 2.05) is 18.3 Å². The molecule has 1 unspecified atom stereocenters. The zero-order valence-electron chi connectivity index (χ0n) is 10.6. The van der Waals surface area contributed by atoms with Crippen molar-refractivity contribution in [2.24, 2.45) is 0 Å². The maximum Gasteiger partial charge on any atom is 0.227 e. The Hall–Kier alpha value is -1.61. The van der Waals surface area contributed by atoms with Gasteiger partial charge in [-0.3, -0.25) is 9.36 Å². The molecule has 3 rings (SSSR count). The fourth-order valence-corrected chi connectivity index (χ4v) is 2.89. The van der Waals surface area contributed by atoms with Gasteiger partial charge in [0.2, 0.25) is 5.91 Å². The van der Waals surface area contributed by atoms with Gasteiger partial charge in [-0.1, -0.05) is 18.6 Å². The van der Waals surface area contributed by atoms with Crippen LogP contribution in [-0.2, 0) is 0 Å². The Morgan fingerprint density at radius 2 is 2.22 bits per heavy atom. The third-order valence-corrected chi connectivity index (χ3v) is 3.79. The number of fused-ring (bicyclic) bond motifs is 1. The van der Waals surface area contributed by atoms with Crippen LogP contribution in [0.4, 0.5) is 0 Å². The van der Waals surface area contributed by atoms with Gasteiger partial charge < -0.3 is 5.32 Å². The van der Waals surface area contributed by atoms with Crippen molar-refractivity contribution in [3.05, 3.63) is 36.0 Å². The molecule has 1 aliphatic rings. The van der Waals surface area contributed by atoms with E-state index < -0.39 is 0 Å². The first-order chi connectivity index (χ1) is 8.77. The molecule has 2 aromatic rings. The molecule has 3 nitrogen and oxygen atoms in total. The molecule has 0 amide bonds. The molecule has 1 aromatic heterocycles. The Kier molecular flexibility index (Phi) is 2.92. The average molecular weight is 242 g/mol. The fourth-order valence-electron chi connectivity index (χ4n) is 2.89. The van der Waals surface area contributed by atoms with Gasteiger partial charge in [0.25, 0.3) is 0 Å². The van der Waals surface area contributed by atoms with Crippen molar-refractivity contribution in [1.82, 2.24) is 9.88 Å². The zero-order valence-corrected chi connectivity index (χ0v) is 10.6. The highest BCUT2D eigenvalue weighted by molar-refractivity contribution is 5.93. The third kappa shape index (κ3) is 1.85. The Labute approximate surface area is 107 Å². The van der Waals surface area contributed by atoms with E-state index >= 15 is 0 Å². The van der Waals surface area contributed by atoms with Crippen LogP contribution in [0.3, 0.4) is 0 Å². The van der Waals surface area contributed by atoms with Crippen LogP contribution in [0.1, 0.15) is 42.6 Å². The molecule has 1 N–H and O–H groups in total. The first-order valence-corrected chi connectivity index (χ1v) is 6.61.